The van der Waals surface area contributed by atoms with Crippen molar-refractivity contribution < 1.29 is 4.79 Å². The SMILES string of the molecule is Cc1cc2c(C(N)=O)cccc2n1-c1nc(NCc2cccs2)c2c(n1)N(C)CCC2. The Labute approximate surface area is 184 Å². The number of nitrogens with zero attached hydrogens (tertiary/aromatic N) is 4. The summed E-state index contributed by atoms with van der Waals surface area (Å²) in [7, 11) is 2.07. The van der Waals surface area contributed by atoms with Crippen LogP contribution in [-0.2, 0) is 13.0 Å². The lowest BCUT2D eigenvalue weighted by molar-refractivity contribution is 0.100. The summed E-state index contributed by atoms with van der Waals surface area (Å²) in [6.07, 6.45) is 2.03. The second kappa shape index (κ2) is 7.70. The van der Waals surface area contributed by atoms with E-state index < -0.39 is 5.91 Å². The van der Waals surface area contributed by atoms with Gasteiger partial charge in [-0.2, -0.15) is 9.97 Å². The van der Waals surface area contributed by atoms with E-state index in [0.717, 1.165) is 59.7 Å². The lowest BCUT2D eigenvalue weighted by atomic mass is 10.1. The first kappa shape index (κ1) is 19.6. The predicted octanol–water partition coefficient (Wildman–Crippen LogP) is 3.88. The Morgan fingerprint density at radius 1 is 1.26 bits per heavy atom. The molecule has 1 aromatic carbocycles. The smallest absolute Gasteiger partial charge is 0.249 e. The zero-order valence-corrected chi connectivity index (χ0v) is 18.4. The van der Waals surface area contributed by atoms with Crippen LogP contribution in [0.25, 0.3) is 16.9 Å². The average Bonchev–Trinajstić information content (AvgIpc) is 3.39. The Bertz CT molecular complexity index is 1280. The van der Waals surface area contributed by atoms with Crippen LogP contribution in [0.2, 0.25) is 0 Å². The molecule has 0 aliphatic carbocycles. The number of aryl methyl sites for hydroxylation is 1. The molecule has 7 nitrogen and oxygen atoms in total. The number of thiophene rings is 1. The maximum atomic E-state index is 11.9. The maximum Gasteiger partial charge on any atom is 0.249 e. The maximum absolute atomic E-state index is 11.9. The van der Waals surface area contributed by atoms with Crippen LogP contribution in [0.15, 0.2) is 41.8 Å². The van der Waals surface area contributed by atoms with Crippen LogP contribution < -0.4 is 16.0 Å². The summed E-state index contributed by atoms with van der Waals surface area (Å²) in [6, 6.07) is 11.7. The van der Waals surface area contributed by atoms with Crippen LogP contribution in [0.1, 0.15) is 32.9 Å². The zero-order valence-electron chi connectivity index (χ0n) is 17.6. The van der Waals surface area contributed by atoms with Crippen molar-refractivity contribution in [1.29, 1.82) is 0 Å². The van der Waals surface area contributed by atoms with Crippen molar-refractivity contribution >= 4 is 39.8 Å². The highest BCUT2D eigenvalue weighted by Gasteiger charge is 2.23. The van der Waals surface area contributed by atoms with E-state index >= 15 is 0 Å². The van der Waals surface area contributed by atoms with Gasteiger partial charge in [-0.3, -0.25) is 9.36 Å². The molecule has 3 aromatic heterocycles. The monoisotopic (exact) mass is 432 g/mol. The first-order valence-electron chi connectivity index (χ1n) is 10.3. The van der Waals surface area contributed by atoms with Crippen LogP contribution in [0.4, 0.5) is 11.6 Å². The van der Waals surface area contributed by atoms with Crippen molar-refractivity contribution in [2.24, 2.45) is 5.73 Å². The number of hydrogen-bond donors (Lipinski definition) is 2. The molecule has 0 spiro atoms. The van der Waals surface area contributed by atoms with E-state index in [9.17, 15) is 4.79 Å². The minimum atomic E-state index is -0.438. The number of hydrogen-bond acceptors (Lipinski definition) is 6. The molecule has 0 radical (unpaired) electrons. The molecular formula is C23H24N6OS. The van der Waals surface area contributed by atoms with Crippen molar-refractivity contribution in [3.05, 3.63) is 63.5 Å². The lowest BCUT2D eigenvalue weighted by Crippen LogP contribution is -2.28. The molecule has 4 heterocycles. The lowest BCUT2D eigenvalue weighted by Gasteiger charge is -2.28. The molecule has 0 unspecified atom stereocenters. The van der Waals surface area contributed by atoms with Gasteiger partial charge in [0.1, 0.15) is 11.6 Å². The second-order valence-electron chi connectivity index (χ2n) is 7.86. The number of carbonyl (C=O) groups excluding carboxylic acids is 1. The first-order chi connectivity index (χ1) is 15.0. The van der Waals surface area contributed by atoms with Gasteiger partial charge in [0, 0.05) is 40.7 Å². The predicted molar refractivity (Wildman–Crippen MR) is 125 cm³/mol. The molecule has 4 aromatic rings. The average molecular weight is 433 g/mol. The van der Waals surface area contributed by atoms with E-state index in [-0.39, 0.29) is 0 Å². The van der Waals surface area contributed by atoms with Crippen LogP contribution in [0.5, 0.6) is 0 Å². The molecule has 0 fully saturated rings. The third-order valence-electron chi connectivity index (χ3n) is 5.76. The van der Waals surface area contributed by atoms with Crippen molar-refractivity contribution in [3.63, 3.8) is 0 Å². The van der Waals surface area contributed by atoms with Crippen LogP contribution in [0.3, 0.4) is 0 Å². The Balaban J connectivity index is 1.67. The minimum Gasteiger partial charge on any atom is -0.366 e. The summed E-state index contributed by atoms with van der Waals surface area (Å²) in [6.45, 7) is 3.68. The van der Waals surface area contributed by atoms with Gasteiger partial charge in [-0.1, -0.05) is 12.1 Å². The van der Waals surface area contributed by atoms with Crippen molar-refractivity contribution in [1.82, 2.24) is 14.5 Å². The Morgan fingerprint density at radius 3 is 2.90 bits per heavy atom. The number of fused-ring (bicyclic) bond motifs is 2. The summed E-state index contributed by atoms with van der Waals surface area (Å²) in [5, 5.41) is 6.44. The van der Waals surface area contributed by atoms with E-state index in [1.54, 1.807) is 17.4 Å². The number of carbonyl (C=O) groups is 1. The van der Waals surface area contributed by atoms with Gasteiger partial charge in [0.2, 0.25) is 11.9 Å². The van der Waals surface area contributed by atoms with Gasteiger partial charge < -0.3 is 16.0 Å². The second-order valence-corrected chi connectivity index (χ2v) is 8.89. The van der Waals surface area contributed by atoms with E-state index in [0.29, 0.717) is 11.5 Å². The molecule has 31 heavy (non-hydrogen) atoms. The van der Waals surface area contributed by atoms with Crippen molar-refractivity contribution in [2.75, 3.05) is 23.8 Å². The van der Waals surface area contributed by atoms with Gasteiger partial charge in [-0.15, -0.1) is 11.3 Å². The molecule has 1 aliphatic heterocycles. The Morgan fingerprint density at radius 2 is 2.13 bits per heavy atom. The zero-order chi connectivity index (χ0) is 21.5. The molecule has 0 saturated heterocycles. The summed E-state index contributed by atoms with van der Waals surface area (Å²) in [4.78, 5) is 25.3. The molecule has 158 valence electrons. The first-order valence-corrected chi connectivity index (χ1v) is 11.2. The molecular weight excluding hydrogens is 408 g/mol. The third-order valence-corrected chi connectivity index (χ3v) is 6.64. The summed E-state index contributed by atoms with van der Waals surface area (Å²) >= 11 is 1.73. The number of benzene rings is 1. The standard InChI is InChI=1S/C23H24N6OS/c1-14-12-18-16(20(24)30)7-3-9-19(18)29(14)23-26-21(25-13-15-6-5-11-31-15)17-8-4-10-28(2)22(17)27-23/h3,5-7,9,11-12H,4,8,10,13H2,1-2H3,(H2,24,30)(H,25,26,27). The molecule has 3 N–H and O–H groups in total. The van der Waals surface area contributed by atoms with Crippen molar-refractivity contribution in [3.8, 4) is 5.95 Å². The highest BCUT2D eigenvalue weighted by Crippen LogP contribution is 2.33. The van der Waals surface area contributed by atoms with Gasteiger partial charge >= 0.3 is 0 Å². The van der Waals surface area contributed by atoms with Crippen molar-refractivity contribution in [2.45, 2.75) is 26.3 Å². The minimum absolute atomic E-state index is 0.438. The molecule has 0 atom stereocenters. The van der Waals surface area contributed by atoms with Gasteiger partial charge in [0.25, 0.3) is 0 Å². The van der Waals surface area contributed by atoms with E-state index in [2.05, 4.69) is 34.8 Å². The normalized spacial score (nSPS) is 13.4. The molecule has 0 saturated carbocycles. The van der Waals surface area contributed by atoms with Gasteiger partial charge in [0.05, 0.1) is 12.1 Å². The molecule has 5 rings (SSSR count). The number of aromatic nitrogens is 3. The molecule has 1 aliphatic rings. The summed E-state index contributed by atoms with van der Waals surface area (Å²) < 4.78 is 2.00. The fourth-order valence-electron chi connectivity index (χ4n) is 4.28. The van der Waals surface area contributed by atoms with Gasteiger partial charge in [-0.05, 0) is 49.4 Å². The van der Waals surface area contributed by atoms with Gasteiger partial charge in [-0.25, -0.2) is 0 Å². The largest absolute Gasteiger partial charge is 0.366 e. The number of amides is 1. The Kier molecular flexibility index (Phi) is 4.86. The summed E-state index contributed by atoms with van der Waals surface area (Å²) in [5.41, 5.74) is 9.08. The molecule has 0 bridgehead atoms. The highest BCUT2D eigenvalue weighted by atomic mass is 32.1. The quantitative estimate of drug-likeness (QED) is 0.500. The van der Waals surface area contributed by atoms with Gasteiger partial charge in [0.15, 0.2) is 0 Å². The van der Waals surface area contributed by atoms with Crippen LogP contribution in [0, 0.1) is 6.92 Å². The number of rotatable bonds is 5. The number of nitrogens with one attached hydrogen (secondary N) is 1. The fraction of sp³-hybridized carbons (Fsp3) is 0.261. The van der Waals surface area contributed by atoms with E-state index in [1.807, 2.05) is 29.7 Å². The molecule has 1 amide bonds. The Hall–Kier alpha value is -3.39. The van der Waals surface area contributed by atoms with Crippen LogP contribution in [-0.4, -0.2) is 34.0 Å². The van der Waals surface area contributed by atoms with E-state index in [1.165, 1.54) is 4.88 Å². The highest BCUT2D eigenvalue weighted by molar-refractivity contribution is 7.09. The fourth-order valence-corrected chi connectivity index (χ4v) is 4.92. The molecule has 8 heteroatoms. The summed E-state index contributed by atoms with van der Waals surface area (Å²) in [5.74, 6) is 1.98. The topological polar surface area (TPSA) is 89.1 Å². The number of anilines is 2. The number of primary amides is 1. The number of nitrogens with two attached hydrogens (primary N) is 1. The third kappa shape index (κ3) is 3.42. The van der Waals surface area contributed by atoms with Crippen LogP contribution >= 0.6 is 11.3 Å². The van der Waals surface area contributed by atoms with E-state index in [4.69, 9.17) is 15.7 Å².